The second-order valence-electron chi connectivity index (χ2n) is 7.10. The third-order valence-electron chi connectivity index (χ3n) is 5.21. The van der Waals surface area contributed by atoms with Gasteiger partial charge in [0.25, 0.3) is 11.8 Å². The van der Waals surface area contributed by atoms with Gasteiger partial charge in [0.05, 0.1) is 10.6 Å². The van der Waals surface area contributed by atoms with E-state index < -0.39 is 0 Å². The molecular formula is C22H25ClN2O3. The van der Waals surface area contributed by atoms with Crippen molar-refractivity contribution in [3.05, 3.63) is 64.2 Å². The zero-order valence-corrected chi connectivity index (χ0v) is 17.0. The number of benzene rings is 2. The fourth-order valence-electron chi connectivity index (χ4n) is 3.29. The molecular weight excluding hydrogens is 376 g/mol. The van der Waals surface area contributed by atoms with E-state index in [1.54, 1.807) is 29.2 Å². The van der Waals surface area contributed by atoms with Gasteiger partial charge < -0.3 is 15.0 Å². The molecule has 1 aliphatic rings. The third-order valence-corrected chi connectivity index (χ3v) is 5.54. The number of nitrogens with one attached hydrogen (secondary N) is 1. The first-order valence-corrected chi connectivity index (χ1v) is 9.85. The number of aryl methyl sites for hydroxylation is 1. The molecule has 0 unspecified atom stereocenters. The normalized spacial score (nSPS) is 14.6. The van der Waals surface area contributed by atoms with Gasteiger partial charge in [-0.2, -0.15) is 0 Å². The van der Waals surface area contributed by atoms with Crippen molar-refractivity contribution < 1.29 is 14.3 Å². The molecule has 148 valence electrons. The van der Waals surface area contributed by atoms with Crippen LogP contribution >= 0.6 is 11.6 Å². The predicted octanol–water partition coefficient (Wildman–Crippen LogP) is 3.76. The van der Waals surface area contributed by atoms with E-state index in [4.69, 9.17) is 16.3 Å². The zero-order valence-electron chi connectivity index (χ0n) is 16.2. The standard InChI is InChI=1S/C22H25ClN2O3/c1-15-6-5-9-20(16(15)2)28-14-21(26)25-12-10-17(11-13-25)24-22(27)18-7-3-4-8-19(18)23/h3-9,17H,10-14H2,1-2H3,(H,24,27). The molecule has 0 aromatic heterocycles. The molecule has 2 aromatic rings. The fraction of sp³-hybridized carbons (Fsp3) is 0.364. The molecule has 3 rings (SSSR count). The summed E-state index contributed by atoms with van der Waals surface area (Å²) in [5.41, 5.74) is 2.67. The minimum atomic E-state index is -0.173. The summed E-state index contributed by atoms with van der Waals surface area (Å²) in [5, 5.41) is 3.46. The van der Waals surface area contributed by atoms with E-state index >= 15 is 0 Å². The number of piperidine rings is 1. The van der Waals surface area contributed by atoms with Crippen LogP contribution in [0.25, 0.3) is 0 Å². The highest BCUT2D eigenvalue weighted by atomic mass is 35.5. The van der Waals surface area contributed by atoms with Gasteiger partial charge in [-0.3, -0.25) is 9.59 Å². The van der Waals surface area contributed by atoms with Crippen molar-refractivity contribution in [3.8, 4) is 5.75 Å². The minimum absolute atomic E-state index is 0.0287. The molecule has 0 aliphatic carbocycles. The number of nitrogens with zero attached hydrogens (tertiary/aromatic N) is 1. The molecule has 0 radical (unpaired) electrons. The Morgan fingerprint density at radius 3 is 2.54 bits per heavy atom. The lowest BCUT2D eigenvalue weighted by Crippen LogP contribution is -2.47. The summed E-state index contributed by atoms with van der Waals surface area (Å²) >= 11 is 6.08. The summed E-state index contributed by atoms with van der Waals surface area (Å²) in [4.78, 5) is 26.6. The van der Waals surface area contributed by atoms with Crippen LogP contribution in [-0.4, -0.2) is 42.5 Å². The summed E-state index contributed by atoms with van der Waals surface area (Å²) < 4.78 is 5.72. The van der Waals surface area contributed by atoms with Crippen LogP contribution in [0, 0.1) is 13.8 Å². The largest absolute Gasteiger partial charge is 0.483 e. The number of carbonyl (C=O) groups excluding carboxylic acids is 2. The number of hydrogen-bond donors (Lipinski definition) is 1. The Hall–Kier alpha value is -2.53. The lowest BCUT2D eigenvalue weighted by Gasteiger charge is -2.32. The van der Waals surface area contributed by atoms with Gasteiger partial charge in [-0.1, -0.05) is 35.9 Å². The van der Waals surface area contributed by atoms with Crippen LogP contribution in [0.15, 0.2) is 42.5 Å². The quantitative estimate of drug-likeness (QED) is 0.831. The van der Waals surface area contributed by atoms with Gasteiger partial charge >= 0.3 is 0 Å². The van der Waals surface area contributed by atoms with Gasteiger partial charge in [-0.05, 0) is 56.0 Å². The Labute approximate surface area is 170 Å². The van der Waals surface area contributed by atoms with Crippen molar-refractivity contribution >= 4 is 23.4 Å². The van der Waals surface area contributed by atoms with Gasteiger partial charge in [0.1, 0.15) is 5.75 Å². The monoisotopic (exact) mass is 400 g/mol. The van der Waals surface area contributed by atoms with E-state index in [1.165, 1.54) is 0 Å². The number of likely N-dealkylation sites (tertiary alicyclic amines) is 1. The summed E-state index contributed by atoms with van der Waals surface area (Å²) in [6.45, 7) is 5.24. The van der Waals surface area contributed by atoms with Crippen LogP contribution in [0.2, 0.25) is 5.02 Å². The highest BCUT2D eigenvalue weighted by molar-refractivity contribution is 6.33. The lowest BCUT2D eigenvalue weighted by molar-refractivity contribution is -0.134. The first-order valence-electron chi connectivity index (χ1n) is 9.48. The SMILES string of the molecule is Cc1cccc(OCC(=O)N2CCC(NC(=O)c3ccccc3Cl)CC2)c1C. The molecule has 1 aliphatic heterocycles. The fourth-order valence-corrected chi connectivity index (χ4v) is 3.51. The molecule has 28 heavy (non-hydrogen) atoms. The molecule has 1 N–H and O–H groups in total. The van der Waals surface area contributed by atoms with E-state index in [0.717, 1.165) is 16.9 Å². The van der Waals surface area contributed by atoms with Crippen LogP contribution in [0.3, 0.4) is 0 Å². The number of hydrogen-bond acceptors (Lipinski definition) is 3. The third kappa shape index (κ3) is 4.84. The van der Waals surface area contributed by atoms with E-state index in [-0.39, 0.29) is 24.5 Å². The van der Waals surface area contributed by atoms with E-state index in [0.29, 0.717) is 36.5 Å². The van der Waals surface area contributed by atoms with Crippen molar-refractivity contribution in [1.29, 1.82) is 0 Å². The smallest absolute Gasteiger partial charge is 0.260 e. The summed E-state index contributed by atoms with van der Waals surface area (Å²) in [6, 6.07) is 12.9. The average molecular weight is 401 g/mol. The molecule has 0 bridgehead atoms. The van der Waals surface area contributed by atoms with Crippen molar-refractivity contribution in [2.75, 3.05) is 19.7 Å². The van der Waals surface area contributed by atoms with Gasteiger partial charge in [-0.15, -0.1) is 0 Å². The Balaban J connectivity index is 1.47. The Morgan fingerprint density at radius 2 is 1.82 bits per heavy atom. The zero-order chi connectivity index (χ0) is 20.1. The molecule has 0 spiro atoms. The summed E-state index contributed by atoms with van der Waals surface area (Å²) in [6.07, 6.45) is 1.43. The second kappa shape index (κ2) is 9.11. The van der Waals surface area contributed by atoms with Gasteiger partial charge in [0.2, 0.25) is 0 Å². The number of rotatable bonds is 5. The van der Waals surface area contributed by atoms with Crippen molar-refractivity contribution in [2.24, 2.45) is 0 Å². The van der Waals surface area contributed by atoms with Crippen molar-refractivity contribution in [1.82, 2.24) is 10.2 Å². The maximum absolute atomic E-state index is 12.5. The second-order valence-corrected chi connectivity index (χ2v) is 7.50. The highest BCUT2D eigenvalue weighted by Crippen LogP contribution is 2.21. The number of halogens is 1. The summed E-state index contributed by atoms with van der Waals surface area (Å²) in [5.74, 6) is 0.542. The average Bonchev–Trinajstić information content (AvgIpc) is 2.69. The number of carbonyl (C=O) groups is 2. The molecule has 1 saturated heterocycles. The molecule has 2 aromatic carbocycles. The molecule has 0 saturated carbocycles. The van der Waals surface area contributed by atoms with Gasteiger partial charge in [0, 0.05) is 19.1 Å². The van der Waals surface area contributed by atoms with E-state index in [2.05, 4.69) is 5.32 Å². The van der Waals surface area contributed by atoms with Crippen molar-refractivity contribution in [3.63, 3.8) is 0 Å². The van der Waals surface area contributed by atoms with Crippen LogP contribution in [0.4, 0.5) is 0 Å². The van der Waals surface area contributed by atoms with Crippen LogP contribution in [-0.2, 0) is 4.79 Å². The molecule has 5 nitrogen and oxygen atoms in total. The Morgan fingerprint density at radius 1 is 1.11 bits per heavy atom. The molecule has 6 heteroatoms. The predicted molar refractivity (Wildman–Crippen MR) is 110 cm³/mol. The van der Waals surface area contributed by atoms with Crippen molar-refractivity contribution in [2.45, 2.75) is 32.7 Å². The minimum Gasteiger partial charge on any atom is -0.483 e. The van der Waals surface area contributed by atoms with Gasteiger partial charge in [-0.25, -0.2) is 0 Å². The Bertz CT molecular complexity index is 861. The molecule has 1 heterocycles. The first-order chi connectivity index (χ1) is 13.5. The van der Waals surface area contributed by atoms with E-state index in [9.17, 15) is 9.59 Å². The maximum atomic E-state index is 12.5. The van der Waals surface area contributed by atoms with Crippen LogP contribution in [0.1, 0.15) is 34.3 Å². The molecule has 0 atom stereocenters. The molecule has 1 fully saturated rings. The lowest BCUT2D eigenvalue weighted by atomic mass is 10.0. The summed E-state index contributed by atoms with van der Waals surface area (Å²) in [7, 11) is 0. The van der Waals surface area contributed by atoms with Gasteiger partial charge in [0.15, 0.2) is 6.61 Å². The molecule has 2 amide bonds. The highest BCUT2D eigenvalue weighted by Gasteiger charge is 2.25. The van der Waals surface area contributed by atoms with Crippen LogP contribution < -0.4 is 10.1 Å². The number of ether oxygens (including phenoxy) is 1. The first kappa shape index (κ1) is 20.2. The van der Waals surface area contributed by atoms with E-state index in [1.807, 2.05) is 32.0 Å². The topological polar surface area (TPSA) is 58.6 Å². The van der Waals surface area contributed by atoms with Crippen LogP contribution in [0.5, 0.6) is 5.75 Å². The number of amides is 2. The Kier molecular flexibility index (Phi) is 6.57. The maximum Gasteiger partial charge on any atom is 0.260 e.